The highest BCUT2D eigenvalue weighted by Crippen LogP contribution is 2.32. The first-order chi connectivity index (χ1) is 13.7. The van der Waals surface area contributed by atoms with Gasteiger partial charge in [0.05, 0.1) is 10.4 Å². The maximum atomic E-state index is 14.2. The van der Waals surface area contributed by atoms with Crippen LogP contribution in [-0.2, 0) is 0 Å². The SMILES string of the molecule is Cc1cc(C(=O)N(CCCN(C)C)c2nc3c(F)cc(F)cc3s2)n(C(C)C)n1.Cl. The molecule has 2 aromatic heterocycles. The van der Waals surface area contributed by atoms with Crippen LogP contribution in [0.15, 0.2) is 18.2 Å². The number of hydrogen-bond acceptors (Lipinski definition) is 5. The molecule has 0 aliphatic rings. The van der Waals surface area contributed by atoms with Crippen LogP contribution in [0.1, 0.15) is 42.5 Å². The van der Waals surface area contributed by atoms with Crippen LogP contribution in [0.5, 0.6) is 0 Å². The molecule has 0 N–H and O–H groups in total. The summed E-state index contributed by atoms with van der Waals surface area (Å²) >= 11 is 1.11. The Bertz CT molecular complexity index is 1030. The van der Waals surface area contributed by atoms with Crippen LogP contribution in [0, 0.1) is 18.6 Å². The van der Waals surface area contributed by atoms with Crippen LogP contribution in [0.3, 0.4) is 0 Å². The van der Waals surface area contributed by atoms with Crippen LogP contribution in [-0.4, -0.2) is 52.8 Å². The van der Waals surface area contributed by atoms with E-state index in [1.165, 1.54) is 6.07 Å². The zero-order valence-electron chi connectivity index (χ0n) is 17.6. The number of carbonyl (C=O) groups is 1. The summed E-state index contributed by atoms with van der Waals surface area (Å²) in [4.78, 5) is 21.3. The largest absolute Gasteiger partial charge is 0.309 e. The fourth-order valence-electron chi connectivity index (χ4n) is 3.10. The molecule has 0 atom stereocenters. The number of carbonyl (C=O) groups excluding carboxylic acids is 1. The Hall–Kier alpha value is -2.10. The number of thiazole rings is 1. The second kappa shape index (κ2) is 9.80. The first-order valence-corrected chi connectivity index (χ1v) is 10.3. The monoisotopic (exact) mass is 457 g/mol. The second-order valence-corrected chi connectivity index (χ2v) is 8.56. The van der Waals surface area contributed by atoms with Gasteiger partial charge in [-0.1, -0.05) is 11.3 Å². The van der Waals surface area contributed by atoms with Gasteiger partial charge in [0.15, 0.2) is 10.9 Å². The number of amides is 1. The van der Waals surface area contributed by atoms with Crippen molar-refractivity contribution in [2.24, 2.45) is 0 Å². The molecule has 0 aliphatic carbocycles. The van der Waals surface area contributed by atoms with Crippen molar-refractivity contribution in [2.45, 2.75) is 33.2 Å². The van der Waals surface area contributed by atoms with Gasteiger partial charge in [-0.15, -0.1) is 12.4 Å². The molecule has 3 rings (SSSR count). The Morgan fingerprint density at radius 3 is 2.53 bits per heavy atom. The zero-order valence-corrected chi connectivity index (χ0v) is 19.3. The minimum atomic E-state index is -0.730. The Morgan fingerprint density at radius 2 is 1.90 bits per heavy atom. The fraction of sp³-hybridized carbons (Fsp3) is 0.450. The predicted octanol–water partition coefficient (Wildman–Crippen LogP) is 4.68. The Kier molecular flexibility index (Phi) is 7.90. The van der Waals surface area contributed by atoms with Crippen LogP contribution in [0.2, 0.25) is 0 Å². The summed E-state index contributed by atoms with van der Waals surface area (Å²) in [5, 5.41) is 4.77. The third kappa shape index (κ3) is 5.14. The van der Waals surface area contributed by atoms with E-state index in [0.717, 1.165) is 29.6 Å². The van der Waals surface area contributed by atoms with E-state index in [4.69, 9.17) is 0 Å². The third-order valence-corrected chi connectivity index (χ3v) is 5.46. The zero-order chi connectivity index (χ0) is 21.3. The topological polar surface area (TPSA) is 54.3 Å². The lowest BCUT2D eigenvalue weighted by Crippen LogP contribution is -2.35. The van der Waals surface area contributed by atoms with Crippen molar-refractivity contribution < 1.29 is 13.6 Å². The normalized spacial score (nSPS) is 11.4. The van der Waals surface area contributed by atoms with Gasteiger partial charge in [-0.2, -0.15) is 5.10 Å². The average Bonchev–Trinajstić information content (AvgIpc) is 3.21. The minimum absolute atomic E-state index is 0. The van der Waals surface area contributed by atoms with Gasteiger partial charge in [0.1, 0.15) is 17.0 Å². The van der Waals surface area contributed by atoms with Gasteiger partial charge in [0, 0.05) is 18.7 Å². The van der Waals surface area contributed by atoms with E-state index in [1.54, 1.807) is 15.6 Å². The number of halogens is 3. The summed E-state index contributed by atoms with van der Waals surface area (Å²) < 4.78 is 29.8. The molecule has 0 spiro atoms. The lowest BCUT2D eigenvalue weighted by molar-refractivity contribution is 0.0974. The van der Waals surface area contributed by atoms with Gasteiger partial charge < -0.3 is 4.90 Å². The van der Waals surface area contributed by atoms with Crippen molar-refractivity contribution in [3.63, 3.8) is 0 Å². The highest BCUT2D eigenvalue weighted by molar-refractivity contribution is 7.22. The van der Waals surface area contributed by atoms with E-state index in [-0.39, 0.29) is 29.9 Å². The lowest BCUT2D eigenvalue weighted by atomic mass is 10.3. The molecule has 0 aliphatic heterocycles. The molecule has 0 radical (unpaired) electrons. The van der Waals surface area contributed by atoms with Gasteiger partial charge in [-0.25, -0.2) is 13.8 Å². The smallest absolute Gasteiger partial charge is 0.278 e. The van der Waals surface area contributed by atoms with Crippen LogP contribution >= 0.6 is 23.7 Å². The molecular formula is C20H26ClF2N5OS. The van der Waals surface area contributed by atoms with E-state index in [9.17, 15) is 13.6 Å². The number of aromatic nitrogens is 3. The van der Waals surface area contributed by atoms with Crippen molar-refractivity contribution in [1.82, 2.24) is 19.7 Å². The van der Waals surface area contributed by atoms with Crippen LogP contribution in [0.25, 0.3) is 10.2 Å². The van der Waals surface area contributed by atoms with Gasteiger partial charge in [0.25, 0.3) is 5.91 Å². The Labute approximate surface area is 184 Å². The standard InChI is InChI=1S/C20H25F2N5OS.ClH/c1-12(2)27-16(9-13(3)24-27)19(28)26(8-6-7-25(4)5)20-23-18-15(22)10-14(21)11-17(18)29-20;/h9-12H,6-8H2,1-5H3;1H. The maximum Gasteiger partial charge on any atom is 0.278 e. The summed E-state index contributed by atoms with van der Waals surface area (Å²) in [7, 11) is 3.92. The highest BCUT2D eigenvalue weighted by atomic mass is 35.5. The highest BCUT2D eigenvalue weighted by Gasteiger charge is 2.26. The Balaban J connectivity index is 0.00000320. The van der Waals surface area contributed by atoms with Gasteiger partial charge >= 0.3 is 0 Å². The molecule has 0 unspecified atom stereocenters. The number of nitrogens with zero attached hydrogens (tertiary/aromatic N) is 5. The molecule has 30 heavy (non-hydrogen) atoms. The van der Waals surface area contributed by atoms with Gasteiger partial charge in [-0.05, 0) is 60.0 Å². The van der Waals surface area contributed by atoms with Crippen molar-refractivity contribution in [3.05, 3.63) is 41.2 Å². The third-order valence-electron chi connectivity index (χ3n) is 4.43. The molecule has 0 saturated carbocycles. The molecule has 1 aromatic carbocycles. The molecule has 2 heterocycles. The second-order valence-electron chi connectivity index (χ2n) is 7.55. The fourth-order valence-corrected chi connectivity index (χ4v) is 4.13. The van der Waals surface area contributed by atoms with Crippen molar-refractivity contribution in [1.29, 1.82) is 0 Å². The molecule has 164 valence electrons. The van der Waals surface area contributed by atoms with Crippen LogP contribution < -0.4 is 4.90 Å². The Morgan fingerprint density at radius 1 is 1.20 bits per heavy atom. The summed E-state index contributed by atoms with van der Waals surface area (Å²) in [6.45, 7) is 6.93. The van der Waals surface area contributed by atoms with Crippen molar-refractivity contribution in [2.75, 3.05) is 32.1 Å². The summed E-state index contributed by atoms with van der Waals surface area (Å²) in [6, 6.07) is 3.80. The maximum absolute atomic E-state index is 14.2. The van der Waals surface area contributed by atoms with Gasteiger partial charge in [0.2, 0.25) is 0 Å². The number of benzene rings is 1. The van der Waals surface area contributed by atoms with E-state index in [2.05, 4.69) is 10.1 Å². The lowest BCUT2D eigenvalue weighted by Gasteiger charge is -2.22. The number of fused-ring (bicyclic) bond motifs is 1. The van der Waals surface area contributed by atoms with E-state index < -0.39 is 11.6 Å². The molecule has 6 nitrogen and oxygen atoms in total. The summed E-state index contributed by atoms with van der Waals surface area (Å²) in [5.41, 5.74) is 1.27. The molecule has 1 amide bonds. The minimum Gasteiger partial charge on any atom is -0.309 e. The number of aryl methyl sites for hydroxylation is 1. The van der Waals surface area contributed by atoms with Gasteiger partial charge in [-0.3, -0.25) is 14.4 Å². The molecule has 0 fully saturated rings. The predicted molar refractivity (Wildman–Crippen MR) is 119 cm³/mol. The average molecular weight is 458 g/mol. The number of rotatable bonds is 7. The summed E-state index contributed by atoms with van der Waals surface area (Å²) in [5.74, 6) is -1.64. The van der Waals surface area contributed by atoms with E-state index in [1.807, 2.05) is 39.8 Å². The van der Waals surface area contributed by atoms with Crippen LogP contribution in [0.4, 0.5) is 13.9 Å². The molecule has 3 aromatic rings. The quantitative estimate of drug-likeness (QED) is 0.517. The van der Waals surface area contributed by atoms with Crippen molar-refractivity contribution in [3.8, 4) is 0 Å². The molecular weight excluding hydrogens is 432 g/mol. The van der Waals surface area contributed by atoms with E-state index >= 15 is 0 Å². The molecule has 0 saturated heterocycles. The first-order valence-electron chi connectivity index (χ1n) is 9.45. The number of anilines is 1. The molecule has 0 bridgehead atoms. The van der Waals surface area contributed by atoms with Crippen molar-refractivity contribution >= 4 is 45.0 Å². The number of hydrogen-bond donors (Lipinski definition) is 0. The van der Waals surface area contributed by atoms with E-state index in [0.29, 0.717) is 28.5 Å². The molecule has 10 heteroatoms. The first kappa shape index (κ1) is 24.2. The summed E-state index contributed by atoms with van der Waals surface area (Å²) in [6.07, 6.45) is 0.709.